The highest BCUT2D eigenvalue weighted by Gasteiger charge is 2.55. The minimum absolute atomic E-state index is 0.302. The van der Waals surface area contributed by atoms with Crippen molar-refractivity contribution in [3.05, 3.63) is 4.91 Å². The Morgan fingerprint density at radius 3 is 2.74 bits per heavy atom. The first kappa shape index (κ1) is 14.1. The van der Waals surface area contributed by atoms with E-state index in [1.807, 2.05) is 0 Å². The number of ether oxygens (including phenoxy) is 3. The van der Waals surface area contributed by atoms with Crippen LogP contribution >= 0.6 is 0 Å². The lowest BCUT2D eigenvalue weighted by Crippen LogP contribution is -2.51. The zero-order chi connectivity index (χ0) is 14.2. The average molecular weight is 275 g/mol. The van der Waals surface area contributed by atoms with Gasteiger partial charge in [0.1, 0.15) is 12.2 Å². The summed E-state index contributed by atoms with van der Waals surface area (Å²) in [5.74, 6) is -0.826. The van der Waals surface area contributed by atoms with E-state index < -0.39 is 36.4 Å². The number of amides is 2. The van der Waals surface area contributed by atoms with Gasteiger partial charge in [-0.25, -0.2) is 4.79 Å². The van der Waals surface area contributed by atoms with Gasteiger partial charge in [0.2, 0.25) is 0 Å². The van der Waals surface area contributed by atoms with Crippen LogP contribution in [0.4, 0.5) is 4.79 Å². The highest BCUT2D eigenvalue weighted by Crippen LogP contribution is 2.37. The molecule has 0 aliphatic carbocycles. The summed E-state index contributed by atoms with van der Waals surface area (Å²) >= 11 is 0. The third-order valence-electron chi connectivity index (χ3n) is 3.04. The maximum atomic E-state index is 11.6. The lowest BCUT2D eigenvalue weighted by atomic mass is 10.1. The number of carbonyl (C=O) groups excluding carboxylic acids is 1. The topological polar surface area (TPSA) is 110 Å². The maximum absolute atomic E-state index is 11.6. The Balaban J connectivity index is 2.08. The second-order valence-corrected chi connectivity index (χ2v) is 4.91. The third kappa shape index (κ3) is 2.68. The van der Waals surface area contributed by atoms with E-state index in [4.69, 9.17) is 14.2 Å². The van der Waals surface area contributed by atoms with Gasteiger partial charge in [-0.3, -0.25) is 0 Å². The van der Waals surface area contributed by atoms with Crippen LogP contribution in [0.3, 0.4) is 0 Å². The summed E-state index contributed by atoms with van der Waals surface area (Å²) in [6.07, 6.45) is -1.86. The lowest BCUT2D eigenvalue weighted by molar-refractivity contribution is -0.210. The molecule has 2 aliphatic rings. The van der Waals surface area contributed by atoms with Crippen molar-refractivity contribution in [2.24, 2.45) is 5.29 Å². The van der Waals surface area contributed by atoms with Gasteiger partial charge in [0, 0.05) is 7.05 Å². The fourth-order valence-electron chi connectivity index (χ4n) is 2.18. The zero-order valence-corrected chi connectivity index (χ0v) is 10.9. The Morgan fingerprint density at radius 2 is 2.16 bits per heavy atom. The summed E-state index contributed by atoms with van der Waals surface area (Å²) in [6, 6.07) is -1.32. The van der Waals surface area contributed by atoms with Crippen LogP contribution in [0.5, 0.6) is 0 Å². The van der Waals surface area contributed by atoms with Gasteiger partial charge in [0.15, 0.2) is 12.1 Å². The number of hydrogen-bond donors (Lipinski definition) is 2. The molecule has 2 aliphatic heterocycles. The van der Waals surface area contributed by atoms with Crippen molar-refractivity contribution in [3.63, 3.8) is 0 Å². The standard InChI is InChI=1S/C10H17N3O6/c1-10(2)18-7-6(11-9(15)13(3)12-16)5(4-14)17-8(7)19-10/h5-8,14H,4H2,1-3H3,(H,11,15)/t5-,6-,7+,8+/m0/s1. The van der Waals surface area contributed by atoms with Crippen LogP contribution in [0.15, 0.2) is 5.29 Å². The predicted octanol–water partition coefficient (Wildman–Crippen LogP) is -0.454. The third-order valence-corrected chi connectivity index (χ3v) is 3.04. The molecule has 0 bridgehead atoms. The molecule has 9 nitrogen and oxygen atoms in total. The van der Waals surface area contributed by atoms with E-state index in [0.29, 0.717) is 5.01 Å². The molecule has 2 saturated heterocycles. The van der Waals surface area contributed by atoms with E-state index in [0.717, 1.165) is 0 Å². The Morgan fingerprint density at radius 1 is 1.47 bits per heavy atom. The largest absolute Gasteiger partial charge is 0.394 e. The average Bonchev–Trinajstić information content (AvgIpc) is 2.81. The van der Waals surface area contributed by atoms with Crippen molar-refractivity contribution in [1.29, 1.82) is 0 Å². The molecule has 0 saturated carbocycles. The number of aliphatic hydroxyl groups is 1. The monoisotopic (exact) mass is 275 g/mol. The molecule has 9 heteroatoms. The molecule has 4 atom stereocenters. The number of rotatable bonds is 3. The van der Waals surface area contributed by atoms with Crippen molar-refractivity contribution < 1.29 is 24.1 Å². The van der Waals surface area contributed by atoms with E-state index in [2.05, 4.69) is 10.6 Å². The van der Waals surface area contributed by atoms with Gasteiger partial charge in [-0.2, -0.15) is 5.01 Å². The van der Waals surface area contributed by atoms with Crippen LogP contribution in [0, 0.1) is 4.91 Å². The van der Waals surface area contributed by atoms with E-state index in [-0.39, 0.29) is 6.61 Å². The van der Waals surface area contributed by atoms with Crippen LogP contribution < -0.4 is 5.32 Å². The van der Waals surface area contributed by atoms with Crippen LogP contribution in [0.2, 0.25) is 0 Å². The summed E-state index contributed by atoms with van der Waals surface area (Å²) in [5, 5.41) is 14.9. The molecule has 0 aromatic rings. The molecule has 0 radical (unpaired) electrons. The molecule has 108 valence electrons. The maximum Gasteiger partial charge on any atom is 0.340 e. The second kappa shape index (κ2) is 5.00. The Hall–Kier alpha value is -1.29. The fraction of sp³-hybridized carbons (Fsp3) is 0.900. The van der Waals surface area contributed by atoms with Crippen LogP contribution in [-0.2, 0) is 14.2 Å². The number of nitroso groups, excluding NO2 is 1. The normalized spacial score (nSPS) is 35.8. The first-order valence-corrected chi connectivity index (χ1v) is 5.87. The molecule has 2 fully saturated rings. The number of fused-ring (bicyclic) bond motifs is 1. The SMILES string of the molecule is CN(N=O)C(=O)N[C@@H]1[C@H]2OC(C)(C)O[C@H]2O[C@H]1CO. The first-order chi connectivity index (χ1) is 8.88. The van der Waals surface area contributed by atoms with Crippen LogP contribution in [-0.4, -0.2) is 60.1 Å². The van der Waals surface area contributed by atoms with Gasteiger partial charge in [-0.1, -0.05) is 0 Å². The van der Waals surface area contributed by atoms with E-state index in [9.17, 15) is 14.8 Å². The number of nitrogens with one attached hydrogen (secondary N) is 1. The Bertz CT molecular complexity index is 376. The summed E-state index contributed by atoms with van der Waals surface area (Å²) in [6.45, 7) is 3.14. The number of nitrogens with zero attached hydrogens (tertiary/aromatic N) is 2. The summed E-state index contributed by atoms with van der Waals surface area (Å²) in [5.41, 5.74) is 0. The minimum atomic E-state index is -0.826. The van der Waals surface area contributed by atoms with Gasteiger partial charge in [-0.05, 0) is 13.8 Å². The van der Waals surface area contributed by atoms with Crippen molar-refractivity contribution in [1.82, 2.24) is 10.3 Å². The number of aliphatic hydroxyl groups excluding tert-OH is 1. The Kier molecular flexibility index (Phi) is 3.72. The lowest BCUT2D eigenvalue weighted by Gasteiger charge is -2.25. The van der Waals surface area contributed by atoms with Gasteiger partial charge >= 0.3 is 6.03 Å². The molecule has 2 rings (SSSR count). The number of urea groups is 1. The van der Waals surface area contributed by atoms with E-state index in [1.165, 1.54) is 7.05 Å². The van der Waals surface area contributed by atoms with Crippen LogP contribution in [0.25, 0.3) is 0 Å². The molecular formula is C10H17N3O6. The smallest absolute Gasteiger partial charge is 0.340 e. The Labute approximate surface area is 109 Å². The quantitative estimate of drug-likeness (QED) is 0.533. The molecule has 0 unspecified atom stereocenters. The zero-order valence-electron chi connectivity index (χ0n) is 10.9. The molecule has 0 aromatic carbocycles. The van der Waals surface area contributed by atoms with Gasteiger partial charge in [0.05, 0.1) is 17.9 Å². The van der Waals surface area contributed by atoms with Gasteiger partial charge < -0.3 is 24.6 Å². The van der Waals surface area contributed by atoms with E-state index >= 15 is 0 Å². The summed E-state index contributed by atoms with van der Waals surface area (Å²) in [4.78, 5) is 21.9. The van der Waals surface area contributed by atoms with Gasteiger partial charge in [0.25, 0.3) is 0 Å². The molecule has 0 aromatic heterocycles. The number of hydrogen-bond acceptors (Lipinski definition) is 7. The van der Waals surface area contributed by atoms with Crippen molar-refractivity contribution >= 4 is 6.03 Å². The molecule has 2 heterocycles. The summed E-state index contributed by atoms with van der Waals surface area (Å²) < 4.78 is 16.6. The predicted molar refractivity (Wildman–Crippen MR) is 61.7 cm³/mol. The summed E-state index contributed by atoms with van der Waals surface area (Å²) in [7, 11) is 1.22. The fourth-order valence-corrected chi connectivity index (χ4v) is 2.18. The van der Waals surface area contributed by atoms with Crippen molar-refractivity contribution in [2.75, 3.05) is 13.7 Å². The van der Waals surface area contributed by atoms with Crippen LogP contribution in [0.1, 0.15) is 13.8 Å². The molecular weight excluding hydrogens is 258 g/mol. The van der Waals surface area contributed by atoms with Crippen molar-refractivity contribution in [2.45, 2.75) is 44.2 Å². The number of carbonyl (C=O) groups is 1. The second-order valence-electron chi connectivity index (χ2n) is 4.91. The molecule has 2 amide bonds. The minimum Gasteiger partial charge on any atom is -0.394 e. The van der Waals surface area contributed by atoms with Crippen molar-refractivity contribution in [3.8, 4) is 0 Å². The molecule has 19 heavy (non-hydrogen) atoms. The highest BCUT2D eigenvalue weighted by atomic mass is 16.8. The molecule has 0 spiro atoms. The first-order valence-electron chi connectivity index (χ1n) is 5.87. The highest BCUT2D eigenvalue weighted by molar-refractivity contribution is 5.74. The molecule has 2 N–H and O–H groups in total. The van der Waals surface area contributed by atoms with Gasteiger partial charge in [-0.15, -0.1) is 4.91 Å². The van der Waals surface area contributed by atoms with E-state index in [1.54, 1.807) is 13.8 Å².